The third-order valence-corrected chi connectivity index (χ3v) is 4.11. The SMILES string of the molecule is [CH2]CCCC(C)c1ccc(-c2cc(F)c(Cl)c(F)c2)c(F)c1. The van der Waals surface area contributed by atoms with Crippen LogP contribution >= 0.6 is 11.6 Å². The van der Waals surface area contributed by atoms with Crippen LogP contribution in [0.1, 0.15) is 37.7 Å². The van der Waals surface area contributed by atoms with Crippen molar-refractivity contribution in [3.63, 3.8) is 0 Å². The Morgan fingerprint density at radius 3 is 2.23 bits per heavy atom. The zero-order chi connectivity index (χ0) is 16.3. The van der Waals surface area contributed by atoms with Crippen molar-refractivity contribution in [1.29, 1.82) is 0 Å². The van der Waals surface area contributed by atoms with Gasteiger partial charge in [-0.25, -0.2) is 13.2 Å². The Kier molecular flexibility index (Phi) is 5.52. The number of hydrogen-bond acceptors (Lipinski definition) is 0. The van der Waals surface area contributed by atoms with E-state index in [2.05, 4.69) is 6.92 Å². The zero-order valence-corrected chi connectivity index (χ0v) is 13.1. The first-order valence-corrected chi connectivity index (χ1v) is 7.55. The molecule has 22 heavy (non-hydrogen) atoms. The quantitative estimate of drug-likeness (QED) is 0.548. The van der Waals surface area contributed by atoms with Crippen molar-refractivity contribution in [3.05, 3.63) is 65.3 Å². The molecule has 0 heterocycles. The molecule has 117 valence electrons. The highest BCUT2D eigenvalue weighted by Gasteiger charge is 2.14. The molecule has 1 atom stereocenters. The van der Waals surface area contributed by atoms with E-state index < -0.39 is 22.5 Å². The van der Waals surface area contributed by atoms with Crippen LogP contribution in [0.4, 0.5) is 13.2 Å². The Morgan fingerprint density at radius 2 is 1.68 bits per heavy atom. The fourth-order valence-electron chi connectivity index (χ4n) is 2.40. The first-order chi connectivity index (χ1) is 10.4. The van der Waals surface area contributed by atoms with Gasteiger partial charge < -0.3 is 0 Å². The first-order valence-electron chi connectivity index (χ1n) is 7.17. The van der Waals surface area contributed by atoms with Crippen molar-refractivity contribution in [2.24, 2.45) is 0 Å². The summed E-state index contributed by atoms with van der Waals surface area (Å²) in [6.45, 7) is 5.81. The summed E-state index contributed by atoms with van der Waals surface area (Å²) in [7, 11) is 0. The molecule has 4 heteroatoms. The van der Waals surface area contributed by atoms with Gasteiger partial charge >= 0.3 is 0 Å². The van der Waals surface area contributed by atoms with E-state index in [0.29, 0.717) is 0 Å². The topological polar surface area (TPSA) is 0 Å². The van der Waals surface area contributed by atoms with Gasteiger partial charge in [0.05, 0.1) is 0 Å². The van der Waals surface area contributed by atoms with Crippen molar-refractivity contribution in [2.75, 3.05) is 0 Å². The van der Waals surface area contributed by atoms with Gasteiger partial charge in [-0.1, -0.05) is 50.4 Å². The minimum atomic E-state index is -0.899. The lowest BCUT2D eigenvalue weighted by atomic mass is 9.93. The van der Waals surface area contributed by atoms with E-state index in [4.69, 9.17) is 11.6 Å². The number of halogens is 4. The number of hydrogen-bond donors (Lipinski definition) is 0. The Hall–Kier alpha value is -1.48. The van der Waals surface area contributed by atoms with Gasteiger partial charge in [0.1, 0.15) is 22.5 Å². The summed E-state index contributed by atoms with van der Waals surface area (Å²) in [6.07, 6.45) is 2.73. The van der Waals surface area contributed by atoms with E-state index in [-0.39, 0.29) is 17.0 Å². The maximum Gasteiger partial charge on any atom is 0.145 e. The molecule has 0 aliphatic heterocycles. The third kappa shape index (κ3) is 3.64. The van der Waals surface area contributed by atoms with E-state index in [1.807, 2.05) is 6.92 Å². The van der Waals surface area contributed by atoms with Gasteiger partial charge in [-0.3, -0.25) is 0 Å². The lowest BCUT2D eigenvalue weighted by Crippen LogP contribution is -1.96. The largest absolute Gasteiger partial charge is 0.206 e. The van der Waals surface area contributed by atoms with E-state index >= 15 is 0 Å². The molecule has 0 saturated heterocycles. The van der Waals surface area contributed by atoms with Crippen LogP contribution in [0.3, 0.4) is 0 Å². The average molecular weight is 326 g/mol. The van der Waals surface area contributed by atoms with Gasteiger partial charge in [0.15, 0.2) is 0 Å². The number of rotatable bonds is 5. The molecule has 1 radical (unpaired) electrons. The summed E-state index contributed by atoms with van der Waals surface area (Å²) in [4.78, 5) is 0. The van der Waals surface area contributed by atoms with Gasteiger partial charge in [-0.15, -0.1) is 0 Å². The van der Waals surface area contributed by atoms with E-state index in [1.165, 1.54) is 6.07 Å². The highest BCUT2D eigenvalue weighted by molar-refractivity contribution is 6.31. The normalized spacial score (nSPS) is 12.5. The molecule has 0 fully saturated rings. The molecule has 2 rings (SSSR count). The van der Waals surface area contributed by atoms with Crippen LogP contribution < -0.4 is 0 Å². The fourth-order valence-corrected chi connectivity index (χ4v) is 2.51. The molecule has 0 amide bonds. The Morgan fingerprint density at radius 1 is 1.05 bits per heavy atom. The smallest absolute Gasteiger partial charge is 0.145 e. The molecular formula is C18H17ClF3. The molecule has 2 aromatic rings. The maximum absolute atomic E-state index is 14.3. The summed E-state index contributed by atoms with van der Waals surface area (Å²) in [5, 5.41) is -0.581. The fraction of sp³-hybridized carbons (Fsp3) is 0.278. The maximum atomic E-state index is 14.3. The molecular weight excluding hydrogens is 309 g/mol. The summed E-state index contributed by atoms with van der Waals surface area (Å²) < 4.78 is 41.3. The monoisotopic (exact) mass is 325 g/mol. The minimum absolute atomic E-state index is 0.133. The molecule has 0 bridgehead atoms. The van der Waals surface area contributed by atoms with Crippen molar-refractivity contribution in [2.45, 2.75) is 32.1 Å². The van der Waals surface area contributed by atoms with Gasteiger partial charge in [0, 0.05) is 5.56 Å². The summed E-state index contributed by atoms with van der Waals surface area (Å²) in [5.74, 6) is -2.09. The average Bonchev–Trinajstić information content (AvgIpc) is 2.49. The van der Waals surface area contributed by atoms with Crippen LogP contribution in [0, 0.1) is 24.4 Å². The second-order valence-electron chi connectivity index (χ2n) is 5.39. The Bertz CT molecular complexity index is 644. The van der Waals surface area contributed by atoms with Crippen molar-refractivity contribution >= 4 is 11.6 Å². The highest BCUT2D eigenvalue weighted by atomic mass is 35.5. The summed E-state index contributed by atoms with van der Waals surface area (Å²) in [6, 6.07) is 6.84. The first kappa shape index (κ1) is 16.9. The van der Waals surface area contributed by atoms with Crippen LogP contribution in [0.5, 0.6) is 0 Å². The molecule has 1 unspecified atom stereocenters. The number of benzene rings is 2. The Balaban J connectivity index is 2.34. The van der Waals surface area contributed by atoms with Crippen molar-refractivity contribution < 1.29 is 13.2 Å². The second-order valence-corrected chi connectivity index (χ2v) is 5.77. The predicted molar refractivity (Wildman–Crippen MR) is 84.4 cm³/mol. The molecule has 0 nitrogen and oxygen atoms in total. The lowest BCUT2D eigenvalue weighted by Gasteiger charge is -2.13. The molecule has 2 aromatic carbocycles. The zero-order valence-electron chi connectivity index (χ0n) is 12.3. The summed E-state index contributed by atoms with van der Waals surface area (Å²) in [5.41, 5.74) is 1.15. The second kappa shape index (κ2) is 7.19. The van der Waals surface area contributed by atoms with Crippen LogP contribution in [0.2, 0.25) is 5.02 Å². The van der Waals surface area contributed by atoms with Crippen LogP contribution in [-0.2, 0) is 0 Å². The van der Waals surface area contributed by atoms with E-state index in [1.54, 1.807) is 12.1 Å². The highest BCUT2D eigenvalue weighted by Crippen LogP contribution is 2.31. The molecule has 0 N–H and O–H groups in total. The summed E-state index contributed by atoms with van der Waals surface area (Å²) >= 11 is 5.44. The van der Waals surface area contributed by atoms with Gasteiger partial charge in [-0.2, -0.15) is 0 Å². The van der Waals surface area contributed by atoms with Crippen LogP contribution in [-0.4, -0.2) is 0 Å². The van der Waals surface area contributed by atoms with Crippen LogP contribution in [0.25, 0.3) is 11.1 Å². The Labute approximate surface area is 133 Å². The van der Waals surface area contributed by atoms with Gasteiger partial charge in [0.25, 0.3) is 0 Å². The molecule has 0 aliphatic carbocycles. The van der Waals surface area contributed by atoms with Gasteiger partial charge in [0.2, 0.25) is 0 Å². The molecule has 0 aromatic heterocycles. The van der Waals surface area contributed by atoms with Crippen LogP contribution in [0.15, 0.2) is 30.3 Å². The molecule has 0 aliphatic rings. The van der Waals surface area contributed by atoms with E-state index in [0.717, 1.165) is 37.0 Å². The van der Waals surface area contributed by atoms with Gasteiger partial charge in [-0.05, 0) is 41.7 Å². The van der Waals surface area contributed by atoms with Crippen molar-refractivity contribution in [1.82, 2.24) is 0 Å². The minimum Gasteiger partial charge on any atom is -0.206 e. The third-order valence-electron chi connectivity index (χ3n) is 3.74. The predicted octanol–water partition coefficient (Wildman–Crippen LogP) is 6.53. The van der Waals surface area contributed by atoms with E-state index in [9.17, 15) is 13.2 Å². The molecule has 0 saturated carbocycles. The molecule has 0 spiro atoms. The lowest BCUT2D eigenvalue weighted by molar-refractivity contribution is 0.584. The standard InChI is InChI=1S/C18H17ClF3/c1-3-4-5-11(2)12-6-7-14(15(20)8-12)13-9-16(21)18(19)17(22)10-13/h6-11H,1,3-5H2,2H3. The van der Waals surface area contributed by atoms with Crippen molar-refractivity contribution in [3.8, 4) is 11.1 Å². The number of unbranched alkanes of at least 4 members (excludes halogenated alkanes) is 1.